The Morgan fingerprint density at radius 1 is 1.43 bits per heavy atom. The molecule has 1 atom stereocenters. The zero-order valence-corrected chi connectivity index (χ0v) is 9.42. The van der Waals surface area contributed by atoms with Gasteiger partial charge in [0.15, 0.2) is 0 Å². The summed E-state index contributed by atoms with van der Waals surface area (Å²) >= 11 is 0. The second-order valence-corrected chi connectivity index (χ2v) is 3.19. The fourth-order valence-corrected chi connectivity index (χ4v) is 1.22. The lowest BCUT2D eigenvalue weighted by molar-refractivity contribution is 0.0579. The van der Waals surface area contributed by atoms with Crippen molar-refractivity contribution >= 4 is 0 Å². The summed E-state index contributed by atoms with van der Waals surface area (Å²) in [6.45, 7) is 8.90. The number of nitrogens with one attached hydrogen (secondary N) is 1. The molecule has 1 N–H and O–H groups in total. The van der Waals surface area contributed by atoms with Crippen LogP contribution in [-0.4, -0.2) is 39.5 Å². The minimum Gasteiger partial charge on any atom is -0.382 e. The summed E-state index contributed by atoms with van der Waals surface area (Å²) in [7, 11) is 1.68. The molecule has 14 heavy (non-hydrogen) atoms. The van der Waals surface area contributed by atoms with Crippen LogP contribution in [0.1, 0.15) is 19.8 Å². The van der Waals surface area contributed by atoms with Gasteiger partial charge in [-0.3, -0.25) is 0 Å². The van der Waals surface area contributed by atoms with Gasteiger partial charge in [-0.15, -0.1) is 6.58 Å². The van der Waals surface area contributed by atoms with Crippen LogP contribution in [0.25, 0.3) is 0 Å². The van der Waals surface area contributed by atoms with Crippen LogP contribution in [0.15, 0.2) is 12.7 Å². The van der Waals surface area contributed by atoms with Gasteiger partial charge in [0.25, 0.3) is 0 Å². The predicted octanol–water partition coefficient (Wildman–Crippen LogP) is 1.59. The molecule has 0 aromatic heterocycles. The van der Waals surface area contributed by atoms with Crippen molar-refractivity contribution < 1.29 is 9.47 Å². The molecule has 0 amide bonds. The molecule has 0 rings (SSSR count). The fraction of sp³-hybridized carbons (Fsp3) is 0.818. The van der Waals surface area contributed by atoms with E-state index in [-0.39, 0.29) is 0 Å². The Hall–Kier alpha value is -0.380. The molecule has 0 aliphatic heterocycles. The Morgan fingerprint density at radius 2 is 2.21 bits per heavy atom. The van der Waals surface area contributed by atoms with Crippen LogP contribution in [0.2, 0.25) is 0 Å². The molecule has 0 bridgehead atoms. The maximum atomic E-state index is 5.46. The smallest absolute Gasteiger partial charge is 0.0701 e. The summed E-state index contributed by atoms with van der Waals surface area (Å²) in [5.74, 6) is 0. The minimum absolute atomic E-state index is 0.440. The average Bonchev–Trinajstić information content (AvgIpc) is 2.20. The Labute approximate surface area is 87.5 Å². The van der Waals surface area contributed by atoms with E-state index in [1.165, 1.54) is 0 Å². The molecule has 0 aliphatic rings. The van der Waals surface area contributed by atoms with Crippen molar-refractivity contribution in [3.63, 3.8) is 0 Å². The fourth-order valence-electron chi connectivity index (χ4n) is 1.22. The standard InChI is InChI=1S/C11H23NO2/c1-4-6-7-11(12-5-2)10-14-9-8-13-3/h4,11-12H,1,5-10H2,2-3H3. The molecule has 3 heteroatoms. The van der Waals surface area contributed by atoms with Crippen LogP contribution in [0, 0.1) is 0 Å². The van der Waals surface area contributed by atoms with Gasteiger partial charge in [-0.1, -0.05) is 13.0 Å². The normalized spacial score (nSPS) is 12.7. The molecule has 0 fully saturated rings. The number of methoxy groups -OCH3 is 1. The van der Waals surface area contributed by atoms with Crippen molar-refractivity contribution in [2.45, 2.75) is 25.8 Å². The van der Waals surface area contributed by atoms with E-state index in [1.54, 1.807) is 7.11 Å². The van der Waals surface area contributed by atoms with Gasteiger partial charge in [0.2, 0.25) is 0 Å². The highest BCUT2D eigenvalue weighted by molar-refractivity contribution is 4.73. The molecule has 0 heterocycles. The van der Waals surface area contributed by atoms with E-state index in [9.17, 15) is 0 Å². The number of hydrogen-bond donors (Lipinski definition) is 1. The topological polar surface area (TPSA) is 30.5 Å². The number of likely N-dealkylation sites (N-methyl/N-ethyl adjacent to an activating group) is 1. The summed E-state index contributed by atoms with van der Waals surface area (Å²) < 4.78 is 10.4. The first-order valence-electron chi connectivity index (χ1n) is 5.26. The van der Waals surface area contributed by atoms with Crippen LogP contribution < -0.4 is 5.32 Å². The van der Waals surface area contributed by atoms with Gasteiger partial charge in [-0.2, -0.15) is 0 Å². The quantitative estimate of drug-likeness (QED) is 0.430. The van der Waals surface area contributed by atoms with Crippen LogP contribution in [0.3, 0.4) is 0 Å². The highest BCUT2D eigenvalue weighted by Gasteiger charge is 2.05. The van der Waals surface area contributed by atoms with Crippen molar-refractivity contribution in [2.75, 3.05) is 33.5 Å². The predicted molar refractivity (Wildman–Crippen MR) is 59.6 cm³/mol. The Balaban J connectivity index is 3.45. The van der Waals surface area contributed by atoms with E-state index in [2.05, 4.69) is 18.8 Å². The van der Waals surface area contributed by atoms with E-state index in [1.807, 2.05) is 6.08 Å². The van der Waals surface area contributed by atoms with E-state index >= 15 is 0 Å². The Bertz CT molecular complexity index is 128. The molecule has 0 aromatic rings. The third-order valence-corrected chi connectivity index (χ3v) is 1.96. The van der Waals surface area contributed by atoms with Crippen molar-refractivity contribution in [1.29, 1.82) is 0 Å². The molecule has 0 spiro atoms. The number of ether oxygens (including phenoxy) is 2. The number of allylic oxidation sites excluding steroid dienone is 1. The van der Waals surface area contributed by atoms with Crippen molar-refractivity contribution in [1.82, 2.24) is 5.32 Å². The molecular weight excluding hydrogens is 178 g/mol. The van der Waals surface area contributed by atoms with Gasteiger partial charge >= 0.3 is 0 Å². The second-order valence-electron chi connectivity index (χ2n) is 3.19. The number of hydrogen-bond acceptors (Lipinski definition) is 3. The van der Waals surface area contributed by atoms with E-state index in [0.29, 0.717) is 19.3 Å². The number of rotatable bonds is 10. The monoisotopic (exact) mass is 201 g/mol. The summed E-state index contributed by atoms with van der Waals surface area (Å²) in [5, 5.41) is 3.38. The largest absolute Gasteiger partial charge is 0.382 e. The lowest BCUT2D eigenvalue weighted by atomic mass is 10.1. The molecule has 0 saturated carbocycles. The third kappa shape index (κ3) is 8.23. The first-order valence-corrected chi connectivity index (χ1v) is 5.26. The van der Waals surface area contributed by atoms with Crippen molar-refractivity contribution in [3.8, 4) is 0 Å². The van der Waals surface area contributed by atoms with E-state index in [4.69, 9.17) is 9.47 Å². The molecule has 0 aliphatic carbocycles. The maximum absolute atomic E-state index is 5.46. The second kappa shape index (κ2) is 10.7. The molecule has 0 aromatic carbocycles. The zero-order chi connectivity index (χ0) is 10.6. The molecule has 3 nitrogen and oxygen atoms in total. The zero-order valence-electron chi connectivity index (χ0n) is 9.42. The van der Waals surface area contributed by atoms with Gasteiger partial charge in [0.05, 0.1) is 19.8 Å². The molecular formula is C11H23NO2. The van der Waals surface area contributed by atoms with Gasteiger partial charge in [-0.25, -0.2) is 0 Å². The van der Waals surface area contributed by atoms with Crippen molar-refractivity contribution in [3.05, 3.63) is 12.7 Å². The van der Waals surface area contributed by atoms with Crippen LogP contribution in [-0.2, 0) is 9.47 Å². The average molecular weight is 201 g/mol. The molecule has 84 valence electrons. The van der Waals surface area contributed by atoms with E-state index < -0.39 is 0 Å². The van der Waals surface area contributed by atoms with Gasteiger partial charge < -0.3 is 14.8 Å². The van der Waals surface area contributed by atoms with Crippen molar-refractivity contribution in [2.24, 2.45) is 0 Å². The first-order chi connectivity index (χ1) is 6.85. The van der Waals surface area contributed by atoms with E-state index in [0.717, 1.165) is 26.0 Å². The van der Waals surface area contributed by atoms with Crippen LogP contribution in [0.4, 0.5) is 0 Å². The SMILES string of the molecule is C=CCCC(COCCOC)NCC. The lowest BCUT2D eigenvalue weighted by Gasteiger charge is -2.16. The van der Waals surface area contributed by atoms with Gasteiger partial charge in [-0.05, 0) is 19.4 Å². The van der Waals surface area contributed by atoms with Crippen LogP contribution in [0.5, 0.6) is 0 Å². The Morgan fingerprint density at radius 3 is 2.79 bits per heavy atom. The summed E-state index contributed by atoms with van der Waals surface area (Å²) in [5.41, 5.74) is 0. The molecule has 1 unspecified atom stereocenters. The minimum atomic E-state index is 0.440. The third-order valence-electron chi connectivity index (χ3n) is 1.96. The highest BCUT2D eigenvalue weighted by atomic mass is 16.5. The highest BCUT2D eigenvalue weighted by Crippen LogP contribution is 1.98. The van der Waals surface area contributed by atoms with Gasteiger partial charge in [0.1, 0.15) is 0 Å². The first kappa shape index (κ1) is 13.6. The summed E-state index contributed by atoms with van der Waals surface area (Å²) in [6.07, 6.45) is 4.06. The summed E-state index contributed by atoms with van der Waals surface area (Å²) in [4.78, 5) is 0. The van der Waals surface area contributed by atoms with Gasteiger partial charge in [0, 0.05) is 13.2 Å². The van der Waals surface area contributed by atoms with Crippen LogP contribution >= 0.6 is 0 Å². The maximum Gasteiger partial charge on any atom is 0.0701 e. The molecule has 0 saturated heterocycles. The molecule has 0 radical (unpaired) electrons. The Kier molecular flexibility index (Phi) is 10.4. The lowest BCUT2D eigenvalue weighted by Crippen LogP contribution is -2.33. The summed E-state index contributed by atoms with van der Waals surface area (Å²) in [6, 6.07) is 0.440.